The zero-order chi connectivity index (χ0) is 13.3. The Morgan fingerprint density at radius 2 is 2.06 bits per heavy atom. The minimum atomic E-state index is -0.421. The maximum absolute atomic E-state index is 12.1. The van der Waals surface area contributed by atoms with Crippen molar-refractivity contribution in [3.8, 4) is 0 Å². The van der Waals surface area contributed by atoms with Crippen molar-refractivity contribution in [2.45, 2.75) is 20.3 Å². The lowest BCUT2D eigenvalue weighted by molar-refractivity contribution is -0.120. The molecule has 18 heavy (non-hydrogen) atoms. The molecule has 1 aliphatic rings. The summed E-state index contributed by atoms with van der Waals surface area (Å²) in [5.41, 5.74) is 1.03. The minimum absolute atomic E-state index is 0.00236. The van der Waals surface area contributed by atoms with Gasteiger partial charge in [0.25, 0.3) is 0 Å². The number of carbonyl (C=O) groups is 3. The molecule has 0 saturated heterocycles. The Labute approximate surface area is 104 Å². The zero-order valence-corrected chi connectivity index (χ0v) is 10.1. The Morgan fingerprint density at radius 3 is 2.72 bits per heavy atom. The number of rotatable bonds is 2. The Kier molecular flexibility index (Phi) is 3.06. The fourth-order valence-electron chi connectivity index (χ4n) is 1.66. The van der Waals surface area contributed by atoms with Gasteiger partial charge in [0.15, 0.2) is 5.78 Å². The van der Waals surface area contributed by atoms with Gasteiger partial charge >= 0.3 is 0 Å². The van der Waals surface area contributed by atoms with Crippen molar-refractivity contribution in [1.29, 1.82) is 0 Å². The third-order valence-electron chi connectivity index (χ3n) is 2.63. The first-order chi connectivity index (χ1) is 8.52. The molecule has 0 aliphatic heterocycles. The van der Waals surface area contributed by atoms with Crippen LogP contribution in [0.2, 0.25) is 0 Å². The third-order valence-corrected chi connectivity index (χ3v) is 2.63. The highest BCUT2D eigenvalue weighted by molar-refractivity contribution is 6.24. The van der Waals surface area contributed by atoms with Crippen molar-refractivity contribution in [2.24, 2.45) is 0 Å². The molecule has 0 radical (unpaired) electrons. The molecule has 5 nitrogen and oxygen atoms in total. The molecule has 1 N–H and O–H groups in total. The maximum Gasteiger partial charge on any atom is 0.228 e. The second-order valence-electron chi connectivity index (χ2n) is 4.00. The van der Waals surface area contributed by atoms with Gasteiger partial charge in [-0.25, -0.2) is 4.98 Å². The summed E-state index contributed by atoms with van der Waals surface area (Å²) in [5, 5.41) is 2.42. The second kappa shape index (κ2) is 4.52. The highest BCUT2D eigenvalue weighted by Gasteiger charge is 2.27. The van der Waals surface area contributed by atoms with Gasteiger partial charge in [0.1, 0.15) is 5.69 Å². The maximum atomic E-state index is 12.1. The summed E-state index contributed by atoms with van der Waals surface area (Å²) in [7, 11) is 0. The van der Waals surface area contributed by atoms with Gasteiger partial charge in [-0.1, -0.05) is 6.92 Å². The van der Waals surface area contributed by atoms with E-state index in [1.807, 2.05) is 0 Å². The van der Waals surface area contributed by atoms with Gasteiger partial charge in [-0.2, -0.15) is 0 Å². The molecule has 1 heterocycles. The van der Waals surface area contributed by atoms with Crippen LogP contribution < -0.4 is 5.32 Å². The van der Waals surface area contributed by atoms with Crippen LogP contribution in [0.5, 0.6) is 0 Å². The molecular formula is C13H12N2O3. The number of aromatic nitrogens is 1. The zero-order valence-electron chi connectivity index (χ0n) is 10.1. The van der Waals surface area contributed by atoms with Crippen LogP contribution in [-0.4, -0.2) is 22.5 Å². The van der Waals surface area contributed by atoms with Gasteiger partial charge in [0.05, 0.1) is 11.3 Å². The van der Waals surface area contributed by atoms with Crippen LogP contribution in [0.25, 0.3) is 0 Å². The second-order valence-corrected chi connectivity index (χ2v) is 4.00. The van der Waals surface area contributed by atoms with E-state index in [1.165, 1.54) is 0 Å². The van der Waals surface area contributed by atoms with E-state index in [4.69, 9.17) is 0 Å². The SMILES string of the molecule is CCC(=O)NC1=CC(=O)c2ccc(C)nc2C1=O. The van der Waals surface area contributed by atoms with E-state index in [9.17, 15) is 14.4 Å². The van der Waals surface area contributed by atoms with E-state index < -0.39 is 5.78 Å². The molecule has 1 aromatic rings. The molecule has 0 saturated carbocycles. The number of carbonyl (C=O) groups excluding carboxylic acids is 3. The first-order valence-corrected chi connectivity index (χ1v) is 5.61. The molecule has 2 rings (SSSR count). The minimum Gasteiger partial charge on any atom is -0.323 e. The standard InChI is InChI=1S/C13H12N2O3/c1-3-11(17)15-9-6-10(16)8-5-4-7(2)14-12(8)13(9)18/h4-6H,3H2,1-2H3,(H,15,17). The molecule has 1 amide bonds. The van der Waals surface area contributed by atoms with Gasteiger partial charge in [0.2, 0.25) is 11.7 Å². The van der Waals surface area contributed by atoms with Crippen LogP contribution in [-0.2, 0) is 4.79 Å². The number of allylic oxidation sites excluding steroid dienone is 2. The first kappa shape index (κ1) is 12.2. The van der Waals surface area contributed by atoms with Gasteiger partial charge in [-0.15, -0.1) is 0 Å². The predicted octanol–water partition coefficient (Wildman–Crippen LogP) is 1.18. The lowest BCUT2D eigenvalue weighted by atomic mass is 9.97. The number of amides is 1. The Balaban J connectivity index is 2.42. The Hall–Kier alpha value is -2.30. The van der Waals surface area contributed by atoms with E-state index in [0.717, 1.165) is 6.08 Å². The molecule has 0 aromatic carbocycles. The molecule has 0 fully saturated rings. The monoisotopic (exact) mass is 244 g/mol. The Morgan fingerprint density at radius 1 is 1.33 bits per heavy atom. The molecule has 0 atom stereocenters. The smallest absolute Gasteiger partial charge is 0.228 e. The average Bonchev–Trinajstić information content (AvgIpc) is 2.35. The molecule has 0 bridgehead atoms. The number of nitrogens with zero attached hydrogens (tertiary/aromatic N) is 1. The number of Topliss-reactive ketones (excluding diaryl/α,β-unsaturated/α-hetero) is 1. The summed E-state index contributed by atoms with van der Waals surface area (Å²) >= 11 is 0. The highest BCUT2D eigenvalue weighted by Crippen LogP contribution is 2.18. The van der Waals surface area contributed by atoms with E-state index in [0.29, 0.717) is 5.69 Å². The molecule has 92 valence electrons. The summed E-state index contributed by atoms with van der Waals surface area (Å²) < 4.78 is 0. The van der Waals surface area contributed by atoms with Crippen LogP contribution in [0.15, 0.2) is 23.9 Å². The lowest BCUT2D eigenvalue weighted by Crippen LogP contribution is -2.31. The Bertz CT molecular complexity index is 588. The van der Waals surface area contributed by atoms with Gasteiger partial charge in [-0.05, 0) is 19.1 Å². The molecule has 0 unspecified atom stereocenters. The molecule has 1 aromatic heterocycles. The van der Waals surface area contributed by atoms with Crippen molar-refractivity contribution in [1.82, 2.24) is 10.3 Å². The first-order valence-electron chi connectivity index (χ1n) is 5.61. The number of hydrogen-bond donors (Lipinski definition) is 1. The van der Waals surface area contributed by atoms with Crippen LogP contribution in [0.4, 0.5) is 0 Å². The quantitative estimate of drug-likeness (QED) is 0.847. The highest BCUT2D eigenvalue weighted by atomic mass is 16.2. The fraction of sp³-hybridized carbons (Fsp3) is 0.231. The van der Waals surface area contributed by atoms with Gasteiger partial charge < -0.3 is 5.32 Å². The van der Waals surface area contributed by atoms with Crippen LogP contribution in [0, 0.1) is 6.92 Å². The van der Waals surface area contributed by atoms with Gasteiger partial charge in [0, 0.05) is 18.2 Å². The molecular weight excluding hydrogens is 232 g/mol. The number of ketones is 2. The number of hydrogen-bond acceptors (Lipinski definition) is 4. The normalized spacial score (nSPS) is 14.0. The summed E-state index contributed by atoms with van der Waals surface area (Å²) in [4.78, 5) is 39.2. The number of aryl methyl sites for hydroxylation is 1. The van der Waals surface area contributed by atoms with Crippen molar-refractivity contribution in [3.05, 3.63) is 40.9 Å². The van der Waals surface area contributed by atoms with Crippen LogP contribution in [0.1, 0.15) is 39.9 Å². The number of nitrogens with one attached hydrogen (secondary N) is 1. The average molecular weight is 244 g/mol. The molecule has 1 aliphatic carbocycles. The predicted molar refractivity (Wildman–Crippen MR) is 64.2 cm³/mol. The number of fused-ring (bicyclic) bond motifs is 1. The summed E-state index contributed by atoms with van der Waals surface area (Å²) in [6.07, 6.45) is 1.39. The van der Waals surface area contributed by atoms with Crippen LogP contribution >= 0.6 is 0 Å². The molecule has 5 heteroatoms. The fourth-order valence-corrected chi connectivity index (χ4v) is 1.66. The summed E-state index contributed by atoms with van der Waals surface area (Å²) in [6, 6.07) is 3.25. The van der Waals surface area contributed by atoms with Gasteiger partial charge in [-0.3, -0.25) is 14.4 Å². The topological polar surface area (TPSA) is 76.1 Å². The molecule has 0 spiro atoms. The lowest BCUT2D eigenvalue weighted by Gasteiger charge is -2.15. The van der Waals surface area contributed by atoms with E-state index in [1.54, 1.807) is 26.0 Å². The third kappa shape index (κ3) is 2.07. The largest absolute Gasteiger partial charge is 0.323 e. The van der Waals surface area contributed by atoms with E-state index in [2.05, 4.69) is 10.3 Å². The van der Waals surface area contributed by atoms with E-state index >= 15 is 0 Å². The number of pyridine rings is 1. The van der Waals surface area contributed by atoms with Crippen molar-refractivity contribution in [2.75, 3.05) is 0 Å². The van der Waals surface area contributed by atoms with Crippen molar-refractivity contribution in [3.63, 3.8) is 0 Å². The summed E-state index contributed by atoms with van der Waals surface area (Å²) in [5.74, 6) is -1.04. The van der Waals surface area contributed by atoms with Crippen molar-refractivity contribution < 1.29 is 14.4 Å². The van der Waals surface area contributed by atoms with Crippen LogP contribution in [0.3, 0.4) is 0 Å². The van der Waals surface area contributed by atoms with Crippen molar-refractivity contribution >= 4 is 17.5 Å². The summed E-state index contributed by atoms with van der Waals surface area (Å²) in [6.45, 7) is 3.40. The van der Waals surface area contributed by atoms with E-state index in [-0.39, 0.29) is 35.1 Å².